The number of nitrogens with zero attached hydrogens (tertiary/aromatic N) is 3. The Morgan fingerprint density at radius 1 is 1.33 bits per heavy atom. The van der Waals surface area contributed by atoms with Crippen molar-refractivity contribution in [3.8, 4) is 0 Å². The lowest BCUT2D eigenvalue weighted by molar-refractivity contribution is 0.0895. The predicted molar refractivity (Wildman–Crippen MR) is 85.3 cm³/mol. The summed E-state index contributed by atoms with van der Waals surface area (Å²) < 4.78 is 28.2. The fourth-order valence-electron chi connectivity index (χ4n) is 3.07. The molecule has 24 heavy (non-hydrogen) atoms. The highest BCUT2D eigenvalue weighted by atomic mass is 19.1. The van der Waals surface area contributed by atoms with Gasteiger partial charge in [0, 0.05) is 38.4 Å². The van der Waals surface area contributed by atoms with Gasteiger partial charge in [-0.05, 0) is 43.1 Å². The van der Waals surface area contributed by atoms with Crippen molar-refractivity contribution in [1.29, 1.82) is 0 Å². The zero-order valence-corrected chi connectivity index (χ0v) is 13.5. The summed E-state index contributed by atoms with van der Waals surface area (Å²) in [5.74, 6) is -1.33. The molecule has 0 bridgehead atoms. The van der Waals surface area contributed by atoms with Gasteiger partial charge in [-0.2, -0.15) is 5.10 Å². The van der Waals surface area contributed by atoms with Crippen LogP contribution in [0.25, 0.3) is 0 Å². The molecule has 3 rings (SSSR count). The number of likely N-dealkylation sites (tertiary alicyclic amines) is 1. The van der Waals surface area contributed by atoms with Gasteiger partial charge in [0.15, 0.2) is 0 Å². The van der Waals surface area contributed by atoms with E-state index in [1.807, 2.05) is 0 Å². The Kier molecular flexibility index (Phi) is 4.89. The van der Waals surface area contributed by atoms with Crippen LogP contribution < -0.4 is 5.32 Å². The average Bonchev–Trinajstić information content (AvgIpc) is 2.93. The van der Waals surface area contributed by atoms with Gasteiger partial charge in [0.25, 0.3) is 5.91 Å². The van der Waals surface area contributed by atoms with E-state index < -0.39 is 11.6 Å². The van der Waals surface area contributed by atoms with Crippen LogP contribution in [-0.4, -0.2) is 39.7 Å². The Morgan fingerprint density at radius 2 is 2.08 bits per heavy atom. The van der Waals surface area contributed by atoms with Crippen LogP contribution >= 0.6 is 0 Å². The van der Waals surface area contributed by atoms with E-state index in [0.29, 0.717) is 24.3 Å². The third-order valence-corrected chi connectivity index (χ3v) is 4.12. The molecule has 1 fully saturated rings. The second kappa shape index (κ2) is 7.09. The topological polar surface area (TPSA) is 50.2 Å². The first-order valence-corrected chi connectivity index (χ1v) is 7.97. The zero-order chi connectivity index (χ0) is 17.1. The molecule has 1 saturated heterocycles. The summed E-state index contributed by atoms with van der Waals surface area (Å²) >= 11 is 0. The van der Waals surface area contributed by atoms with Crippen LogP contribution in [0.15, 0.2) is 30.5 Å². The van der Waals surface area contributed by atoms with Crippen molar-refractivity contribution in [3.05, 3.63) is 53.4 Å². The number of aromatic nitrogens is 2. The van der Waals surface area contributed by atoms with Gasteiger partial charge in [0.1, 0.15) is 17.3 Å². The second-order valence-electron chi connectivity index (χ2n) is 6.20. The van der Waals surface area contributed by atoms with Gasteiger partial charge in [-0.1, -0.05) is 0 Å². The monoisotopic (exact) mass is 334 g/mol. The van der Waals surface area contributed by atoms with Crippen molar-refractivity contribution in [3.63, 3.8) is 0 Å². The summed E-state index contributed by atoms with van der Waals surface area (Å²) in [6.07, 6.45) is 3.53. The molecule has 1 amide bonds. The maximum Gasteiger partial charge on any atom is 0.272 e. The SMILES string of the molecule is Cn1ccc(C(=O)NC2CCCN(Cc3cc(F)cc(F)c3)C2)n1. The summed E-state index contributed by atoms with van der Waals surface area (Å²) in [5.41, 5.74) is 0.992. The zero-order valence-electron chi connectivity index (χ0n) is 13.5. The normalized spacial score (nSPS) is 18.5. The lowest BCUT2D eigenvalue weighted by Crippen LogP contribution is -2.47. The Labute approximate surface area is 139 Å². The molecule has 1 unspecified atom stereocenters. The number of aryl methyl sites for hydroxylation is 1. The highest BCUT2D eigenvalue weighted by Crippen LogP contribution is 2.16. The number of benzene rings is 1. The van der Waals surface area contributed by atoms with Crippen LogP contribution in [-0.2, 0) is 13.6 Å². The molecular formula is C17H20F2N4O. The van der Waals surface area contributed by atoms with Gasteiger partial charge < -0.3 is 5.32 Å². The van der Waals surface area contributed by atoms with Crippen LogP contribution in [0.3, 0.4) is 0 Å². The number of rotatable bonds is 4. The maximum atomic E-state index is 13.3. The molecule has 1 N–H and O–H groups in total. The van der Waals surface area contributed by atoms with E-state index >= 15 is 0 Å². The summed E-state index contributed by atoms with van der Waals surface area (Å²) in [4.78, 5) is 14.3. The fourth-order valence-corrected chi connectivity index (χ4v) is 3.07. The van der Waals surface area contributed by atoms with Crippen molar-refractivity contribution in [2.45, 2.75) is 25.4 Å². The summed E-state index contributed by atoms with van der Waals surface area (Å²) in [6, 6.07) is 5.24. The molecule has 1 aliphatic rings. The van der Waals surface area contributed by atoms with E-state index in [4.69, 9.17) is 0 Å². The van der Waals surface area contributed by atoms with Gasteiger partial charge in [-0.15, -0.1) is 0 Å². The van der Waals surface area contributed by atoms with Crippen LogP contribution in [0.1, 0.15) is 28.9 Å². The Morgan fingerprint density at radius 3 is 2.75 bits per heavy atom. The maximum absolute atomic E-state index is 13.3. The molecule has 1 atom stereocenters. The van der Waals surface area contributed by atoms with Crippen molar-refractivity contribution in [2.24, 2.45) is 7.05 Å². The first-order chi connectivity index (χ1) is 11.5. The number of halogens is 2. The Bertz CT molecular complexity index is 711. The van der Waals surface area contributed by atoms with Gasteiger partial charge in [-0.3, -0.25) is 14.4 Å². The van der Waals surface area contributed by atoms with Crippen molar-refractivity contribution < 1.29 is 13.6 Å². The van der Waals surface area contributed by atoms with E-state index in [0.717, 1.165) is 25.5 Å². The lowest BCUT2D eigenvalue weighted by Gasteiger charge is -2.33. The Balaban J connectivity index is 1.58. The summed E-state index contributed by atoms with van der Waals surface area (Å²) in [6.45, 7) is 1.95. The van der Waals surface area contributed by atoms with Gasteiger partial charge in [0.2, 0.25) is 0 Å². The van der Waals surface area contributed by atoms with Crippen LogP contribution in [0, 0.1) is 11.6 Å². The van der Waals surface area contributed by atoms with E-state index in [2.05, 4.69) is 15.3 Å². The van der Waals surface area contributed by atoms with E-state index in [9.17, 15) is 13.6 Å². The van der Waals surface area contributed by atoms with Gasteiger partial charge in [0.05, 0.1) is 0 Å². The molecule has 2 heterocycles. The highest BCUT2D eigenvalue weighted by Gasteiger charge is 2.23. The molecule has 2 aromatic rings. The summed E-state index contributed by atoms with van der Waals surface area (Å²) in [7, 11) is 1.76. The molecule has 128 valence electrons. The molecule has 5 nitrogen and oxygen atoms in total. The molecule has 1 aliphatic heterocycles. The number of carbonyl (C=O) groups excluding carboxylic acids is 1. The van der Waals surface area contributed by atoms with Gasteiger partial charge >= 0.3 is 0 Å². The molecule has 1 aromatic carbocycles. The fraction of sp³-hybridized carbons (Fsp3) is 0.412. The lowest BCUT2D eigenvalue weighted by atomic mass is 10.0. The second-order valence-corrected chi connectivity index (χ2v) is 6.20. The van der Waals surface area contributed by atoms with Crippen molar-refractivity contribution >= 4 is 5.91 Å². The first kappa shape index (κ1) is 16.6. The highest BCUT2D eigenvalue weighted by molar-refractivity contribution is 5.92. The number of hydrogen-bond donors (Lipinski definition) is 1. The third-order valence-electron chi connectivity index (χ3n) is 4.12. The molecule has 0 radical (unpaired) electrons. The molecule has 0 saturated carbocycles. The summed E-state index contributed by atoms with van der Waals surface area (Å²) in [5, 5.41) is 7.07. The number of amides is 1. The number of hydrogen-bond acceptors (Lipinski definition) is 3. The van der Waals surface area contributed by atoms with E-state index in [-0.39, 0.29) is 11.9 Å². The van der Waals surface area contributed by atoms with Crippen molar-refractivity contribution in [2.75, 3.05) is 13.1 Å². The van der Waals surface area contributed by atoms with Gasteiger partial charge in [-0.25, -0.2) is 8.78 Å². The first-order valence-electron chi connectivity index (χ1n) is 7.97. The average molecular weight is 334 g/mol. The Hall–Kier alpha value is -2.28. The minimum Gasteiger partial charge on any atom is -0.347 e. The van der Waals surface area contributed by atoms with Crippen LogP contribution in [0.5, 0.6) is 0 Å². The predicted octanol–water partition coefficient (Wildman–Crippen LogP) is 2.09. The minimum absolute atomic E-state index is 0.00617. The number of nitrogens with one attached hydrogen (secondary N) is 1. The standard InChI is InChI=1S/C17H20F2N4O/c1-22-6-4-16(21-22)17(24)20-15-3-2-5-23(11-15)10-12-7-13(18)9-14(19)8-12/h4,6-9,15H,2-3,5,10-11H2,1H3,(H,20,24). The molecule has 1 aromatic heterocycles. The van der Waals surface area contributed by atoms with Crippen LogP contribution in [0.2, 0.25) is 0 Å². The third kappa shape index (κ3) is 4.17. The smallest absolute Gasteiger partial charge is 0.272 e. The molecule has 0 aliphatic carbocycles. The van der Waals surface area contributed by atoms with E-state index in [1.54, 1.807) is 24.0 Å². The number of piperidine rings is 1. The van der Waals surface area contributed by atoms with E-state index in [1.165, 1.54) is 12.1 Å². The largest absolute Gasteiger partial charge is 0.347 e. The minimum atomic E-state index is -0.568. The molecule has 7 heteroatoms. The van der Waals surface area contributed by atoms with Crippen LogP contribution in [0.4, 0.5) is 8.78 Å². The molecule has 0 spiro atoms. The number of carbonyl (C=O) groups is 1. The van der Waals surface area contributed by atoms with Crippen molar-refractivity contribution in [1.82, 2.24) is 20.0 Å². The quantitative estimate of drug-likeness (QED) is 0.931. The molecular weight excluding hydrogens is 314 g/mol.